The molecule has 3 aliphatic rings. The SMILES string of the molecule is CN1C[C@H](CN2CC(=O)N(c3ccccc3)C(=O)C2)CC2c3cccc4[nH]cc(c34)C[C@H]21. The third-order valence-corrected chi connectivity index (χ3v) is 7.56. The summed E-state index contributed by atoms with van der Waals surface area (Å²) in [6, 6.07) is 16.4. The summed E-state index contributed by atoms with van der Waals surface area (Å²) in [7, 11) is 2.23. The van der Waals surface area contributed by atoms with Gasteiger partial charge in [-0.2, -0.15) is 0 Å². The van der Waals surface area contributed by atoms with Crippen LogP contribution < -0.4 is 4.90 Å². The molecule has 164 valence electrons. The minimum Gasteiger partial charge on any atom is -0.361 e. The molecular weight excluding hydrogens is 400 g/mol. The molecule has 32 heavy (non-hydrogen) atoms. The lowest BCUT2D eigenvalue weighted by Gasteiger charge is -2.46. The predicted octanol–water partition coefficient (Wildman–Crippen LogP) is 3.00. The summed E-state index contributed by atoms with van der Waals surface area (Å²) >= 11 is 0. The molecule has 6 rings (SSSR count). The molecule has 1 aliphatic carbocycles. The highest BCUT2D eigenvalue weighted by molar-refractivity contribution is 6.17. The maximum atomic E-state index is 12.8. The molecule has 1 unspecified atom stereocenters. The second kappa shape index (κ2) is 7.57. The van der Waals surface area contributed by atoms with Crippen molar-refractivity contribution in [3.05, 3.63) is 65.9 Å². The van der Waals surface area contributed by atoms with Gasteiger partial charge in [0.25, 0.3) is 0 Å². The third-order valence-electron chi connectivity index (χ3n) is 7.56. The van der Waals surface area contributed by atoms with E-state index in [4.69, 9.17) is 0 Å². The van der Waals surface area contributed by atoms with E-state index in [1.54, 1.807) is 0 Å². The van der Waals surface area contributed by atoms with Gasteiger partial charge in [-0.15, -0.1) is 0 Å². The molecule has 6 heteroatoms. The van der Waals surface area contributed by atoms with Crippen molar-refractivity contribution in [1.29, 1.82) is 0 Å². The van der Waals surface area contributed by atoms with Gasteiger partial charge in [0, 0.05) is 42.1 Å². The first-order valence-electron chi connectivity index (χ1n) is 11.5. The van der Waals surface area contributed by atoms with Gasteiger partial charge < -0.3 is 9.88 Å². The fraction of sp³-hybridized carbons (Fsp3) is 0.385. The number of aromatic nitrogens is 1. The highest BCUT2D eigenvalue weighted by Crippen LogP contribution is 2.44. The Kier molecular flexibility index (Phi) is 4.66. The molecule has 1 N–H and O–H groups in total. The van der Waals surface area contributed by atoms with Crippen LogP contribution in [0.5, 0.6) is 0 Å². The molecule has 2 fully saturated rings. The molecule has 6 nitrogen and oxygen atoms in total. The Balaban J connectivity index is 1.20. The first-order chi connectivity index (χ1) is 15.6. The number of hydrogen-bond acceptors (Lipinski definition) is 4. The van der Waals surface area contributed by atoms with E-state index in [1.165, 1.54) is 26.9 Å². The van der Waals surface area contributed by atoms with Crippen molar-refractivity contribution in [3.8, 4) is 0 Å². The van der Waals surface area contributed by atoms with E-state index in [0.717, 1.165) is 25.9 Å². The number of piperidine rings is 1. The molecule has 3 atom stereocenters. The number of nitrogens with one attached hydrogen (secondary N) is 1. The number of piperazine rings is 1. The number of hydrogen-bond donors (Lipinski definition) is 1. The molecule has 0 radical (unpaired) electrons. The van der Waals surface area contributed by atoms with Crippen LogP contribution in [-0.4, -0.2) is 65.9 Å². The third kappa shape index (κ3) is 3.17. The summed E-state index contributed by atoms with van der Waals surface area (Å²) in [5.74, 6) is 0.659. The van der Waals surface area contributed by atoms with Crippen molar-refractivity contribution in [2.24, 2.45) is 5.92 Å². The van der Waals surface area contributed by atoms with Gasteiger partial charge >= 0.3 is 0 Å². The maximum Gasteiger partial charge on any atom is 0.247 e. The van der Waals surface area contributed by atoms with Gasteiger partial charge in [0.15, 0.2) is 0 Å². The number of nitrogens with zero attached hydrogens (tertiary/aromatic N) is 3. The number of H-pyrrole nitrogens is 1. The Morgan fingerprint density at radius 2 is 1.78 bits per heavy atom. The Hall–Kier alpha value is -2.96. The van der Waals surface area contributed by atoms with E-state index < -0.39 is 0 Å². The van der Waals surface area contributed by atoms with Crippen LogP contribution in [0.1, 0.15) is 23.5 Å². The Morgan fingerprint density at radius 3 is 2.56 bits per heavy atom. The van der Waals surface area contributed by atoms with Crippen molar-refractivity contribution < 1.29 is 9.59 Å². The zero-order chi connectivity index (χ0) is 21.8. The van der Waals surface area contributed by atoms with Crippen LogP contribution in [-0.2, 0) is 16.0 Å². The number of para-hydroxylation sites is 1. The van der Waals surface area contributed by atoms with Crippen LogP contribution in [0.25, 0.3) is 10.9 Å². The molecule has 0 bridgehead atoms. The fourth-order valence-electron chi connectivity index (χ4n) is 6.26. The Bertz CT molecular complexity index is 1170. The van der Waals surface area contributed by atoms with Gasteiger partial charge in [-0.1, -0.05) is 30.3 Å². The van der Waals surface area contributed by atoms with E-state index in [2.05, 4.69) is 41.3 Å². The highest BCUT2D eigenvalue weighted by Gasteiger charge is 2.41. The molecular formula is C26H28N4O2. The molecule has 2 amide bonds. The standard InChI is InChI=1S/C26H28N4O2/c1-28-13-17(10-21-20-8-5-9-22-26(20)18(12-27-22)11-23(21)28)14-29-15-24(31)30(25(32)16-29)19-6-3-2-4-7-19/h2-9,12,17,21,23,27H,10-11,13-16H2,1H3/t17-,21?,23-/m1/s1. The Morgan fingerprint density at radius 1 is 1.00 bits per heavy atom. The molecule has 2 aromatic carbocycles. The van der Waals surface area contributed by atoms with Crippen LogP contribution in [0, 0.1) is 5.92 Å². The lowest BCUT2D eigenvalue weighted by molar-refractivity contribution is -0.132. The molecule has 3 heterocycles. The first-order valence-corrected chi connectivity index (χ1v) is 11.5. The van der Waals surface area contributed by atoms with E-state index >= 15 is 0 Å². The zero-order valence-corrected chi connectivity index (χ0v) is 18.3. The van der Waals surface area contributed by atoms with Crippen molar-refractivity contribution in [1.82, 2.24) is 14.8 Å². The Labute approximate surface area is 187 Å². The number of likely N-dealkylation sites (N-methyl/N-ethyl adjacent to an activating group) is 1. The molecule has 0 saturated carbocycles. The molecule has 3 aromatic rings. The summed E-state index contributed by atoms with van der Waals surface area (Å²) in [5.41, 5.74) is 4.77. The predicted molar refractivity (Wildman–Crippen MR) is 125 cm³/mol. The molecule has 0 spiro atoms. The smallest absolute Gasteiger partial charge is 0.247 e. The second-order valence-electron chi connectivity index (χ2n) is 9.63. The minimum absolute atomic E-state index is 0.131. The van der Waals surface area contributed by atoms with E-state index in [0.29, 0.717) is 36.7 Å². The summed E-state index contributed by atoms with van der Waals surface area (Å²) in [4.78, 5) is 35.0. The van der Waals surface area contributed by atoms with Gasteiger partial charge in [0.1, 0.15) is 0 Å². The monoisotopic (exact) mass is 428 g/mol. The molecule has 1 aromatic heterocycles. The van der Waals surface area contributed by atoms with Crippen molar-refractivity contribution in [3.63, 3.8) is 0 Å². The van der Waals surface area contributed by atoms with Crippen molar-refractivity contribution in [2.75, 3.05) is 38.1 Å². The number of fused-ring (bicyclic) bond motifs is 2. The van der Waals surface area contributed by atoms with Crippen molar-refractivity contribution >= 4 is 28.4 Å². The van der Waals surface area contributed by atoms with Crippen LogP contribution in [0.4, 0.5) is 5.69 Å². The van der Waals surface area contributed by atoms with E-state index in [9.17, 15) is 9.59 Å². The lowest BCUT2D eigenvalue weighted by Crippen LogP contribution is -2.56. The number of carbonyl (C=O) groups excluding carboxylic acids is 2. The van der Waals surface area contributed by atoms with E-state index in [1.807, 2.05) is 35.2 Å². The number of imide groups is 1. The van der Waals surface area contributed by atoms with Crippen LogP contribution >= 0.6 is 0 Å². The van der Waals surface area contributed by atoms with Gasteiger partial charge in [0.2, 0.25) is 11.8 Å². The molecule has 2 saturated heterocycles. The number of aromatic amines is 1. The fourth-order valence-corrected chi connectivity index (χ4v) is 6.26. The first kappa shape index (κ1) is 19.7. The van der Waals surface area contributed by atoms with Crippen LogP contribution in [0.15, 0.2) is 54.7 Å². The quantitative estimate of drug-likeness (QED) is 0.652. The number of rotatable bonds is 3. The number of carbonyl (C=O) groups is 2. The van der Waals surface area contributed by atoms with Crippen molar-refractivity contribution in [2.45, 2.75) is 24.8 Å². The number of anilines is 1. The topological polar surface area (TPSA) is 59.6 Å². The van der Waals surface area contributed by atoms with Gasteiger partial charge in [-0.25, -0.2) is 4.90 Å². The minimum atomic E-state index is -0.131. The normalized spacial score (nSPS) is 26.5. The van der Waals surface area contributed by atoms with Crippen LogP contribution in [0.2, 0.25) is 0 Å². The summed E-state index contributed by atoms with van der Waals surface area (Å²) < 4.78 is 0. The number of amides is 2. The average Bonchev–Trinajstić information content (AvgIpc) is 3.19. The largest absolute Gasteiger partial charge is 0.361 e. The van der Waals surface area contributed by atoms with E-state index in [-0.39, 0.29) is 11.8 Å². The van der Waals surface area contributed by atoms with Crippen LogP contribution in [0.3, 0.4) is 0 Å². The summed E-state index contributed by atoms with van der Waals surface area (Å²) in [6.45, 7) is 2.38. The highest BCUT2D eigenvalue weighted by atomic mass is 16.2. The zero-order valence-electron chi connectivity index (χ0n) is 18.3. The average molecular weight is 429 g/mol. The van der Waals surface area contributed by atoms with Gasteiger partial charge in [-0.05, 0) is 55.1 Å². The van der Waals surface area contributed by atoms with Gasteiger partial charge in [0.05, 0.1) is 18.8 Å². The maximum absolute atomic E-state index is 12.8. The second-order valence-corrected chi connectivity index (χ2v) is 9.63. The van der Waals surface area contributed by atoms with Gasteiger partial charge in [-0.3, -0.25) is 14.5 Å². The summed E-state index contributed by atoms with van der Waals surface area (Å²) in [5, 5.41) is 1.41. The number of benzene rings is 2. The molecule has 2 aliphatic heterocycles. The number of likely N-dealkylation sites (tertiary alicyclic amines) is 1. The lowest BCUT2D eigenvalue weighted by atomic mass is 9.72. The summed E-state index contributed by atoms with van der Waals surface area (Å²) in [6.07, 6.45) is 4.35.